The van der Waals surface area contributed by atoms with E-state index in [0.717, 1.165) is 11.3 Å². The zero-order chi connectivity index (χ0) is 13.1. The normalized spacial score (nSPS) is 11.8. The average molecular weight is 298 g/mol. The summed E-state index contributed by atoms with van der Waals surface area (Å²) in [6.45, 7) is 3.81. The highest BCUT2D eigenvalue weighted by Gasteiger charge is 2.20. The highest BCUT2D eigenvalue weighted by molar-refractivity contribution is 8.15. The van der Waals surface area contributed by atoms with E-state index in [9.17, 15) is 13.2 Å². The second-order valence-corrected chi connectivity index (χ2v) is 7.03. The molecule has 0 saturated heterocycles. The third-order valence-electron chi connectivity index (χ3n) is 2.20. The van der Waals surface area contributed by atoms with Crippen molar-refractivity contribution in [3.05, 3.63) is 0 Å². The molecule has 0 saturated carbocycles. The Morgan fingerprint density at radius 3 is 2.41 bits per heavy atom. The second-order valence-electron chi connectivity index (χ2n) is 3.31. The van der Waals surface area contributed by atoms with Crippen LogP contribution in [0.3, 0.4) is 0 Å². The predicted octanol–water partition coefficient (Wildman–Crippen LogP) is 1.84. The Kier molecular flexibility index (Phi) is 4.84. The molecule has 1 rings (SSSR count). The number of halogens is 1. The molecule has 6 nitrogen and oxygen atoms in total. The maximum absolute atomic E-state index is 11.7. The predicted molar refractivity (Wildman–Crippen MR) is 65.6 cm³/mol. The van der Waals surface area contributed by atoms with Gasteiger partial charge in [0.1, 0.15) is 0 Å². The van der Waals surface area contributed by atoms with Gasteiger partial charge in [0.15, 0.2) is 0 Å². The molecule has 0 spiro atoms. The van der Waals surface area contributed by atoms with E-state index in [1.165, 1.54) is 0 Å². The molecule has 0 fully saturated rings. The van der Waals surface area contributed by atoms with E-state index in [0.29, 0.717) is 12.8 Å². The van der Waals surface area contributed by atoms with Crippen molar-refractivity contribution in [2.45, 2.75) is 31.0 Å². The van der Waals surface area contributed by atoms with Crippen LogP contribution in [0.2, 0.25) is 0 Å². The minimum absolute atomic E-state index is 0.116. The smallest absolute Gasteiger partial charge is 0.290 e. The molecule has 0 aliphatic rings. The fraction of sp³-hybridized carbons (Fsp3) is 0.625. The van der Waals surface area contributed by atoms with Crippen molar-refractivity contribution in [1.29, 1.82) is 0 Å². The molecule has 0 aliphatic heterocycles. The monoisotopic (exact) mass is 297 g/mol. The lowest BCUT2D eigenvalue weighted by Crippen LogP contribution is -2.21. The number of anilines is 1. The van der Waals surface area contributed by atoms with E-state index < -0.39 is 9.05 Å². The number of rotatable bonds is 5. The Labute approximate surface area is 108 Å². The van der Waals surface area contributed by atoms with Crippen LogP contribution in [0.1, 0.15) is 26.7 Å². The van der Waals surface area contributed by atoms with Crippen molar-refractivity contribution in [3.8, 4) is 0 Å². The Bertz CT molecular complexity index is 496. The van der Waals surface area contributed by atoms with Gasteiger partial charge in [-0.3, -0.25) is 4.79 Å². The van der Waals surface area contributed by atoms with Crippen LogP contribution in [0.5, 0.6) is 0 Å². The SMILES string of the molecule is CCC(CC)C(=O)Nc1nnc(S(=O)(=O)Cl)s1. The Morgan fingerprint density at radius 2 is 2.00 bits per heavy atom. The summed E-state index contributed by atoms with van der Waals surface area (Å²) < 4.78 is 21.6. The Balaban J connectivity index is 2.77. The Hall–Kier alpha value is -0.730. The molecule has 0 bridgehead atoms. The van der Waals surface area contributed by atoms with Crippen molar-refractivity contribution in [1.82, 2.24) is 10.2 Å². The van der Waals surface area contributed by atoms with Gasteiger partial charge in [-0.25, -0.2) is 8.42 Å². The molecular formula is C8H12ClN3O3S2. The van der Waals surface area contributed by atoms with E-state index in [-0.39, 0.29) is 21.3 Å². The molecule has 0 radical (unpaired) electrons. The second kappa shape index (κ2) is 5.74. The molecule has 1 heterocycles. The molecule has 17 heavy (non-hydrogen) atoms. The highest BCUT2D eigenvalue weighted by atomic mass is 35.7. The molecule has 1 N–H and O–H groups in total. The van der Waals surface area contributed by atoms with Crippen molar-refractivity contribution in [2.75, 3.05) is 5.32 Å². The minimum atomic E-state index is -3.88. The molecule has 0 aromatic carbocycles. The van der Waals surface area contributed by atoms with E-state index in [1.807, 2.05) is 13.8 Å². The summed E-state index contributed by atoms with van der Waals surface area (Å²) in [6.07, 6.45) is 1.42. The zero-order valence-electron chi connectivity index (χ0n) is 9.31. The molecule has 1 aromatic rings. The minimum Gasteiger partial charge on any atom is -0.300 e. The van der Waals surface area contributed by atoms with Crippen molar-refractivity contribution in [2.24, 2.45) is 5.92 Å². The number of hydrogen-bond acceptors (Lipinski definition) is 6. The zero-order valence-corrected chi connectivity index (χ0v) is 11.7. The summed E-state index contributed by atoms with van der Waals surface area (Å²) in [6, 6.07) is 0. The fourth-order valence-electron chi connectivity index (χ4n) is 1.23. The first kappa shape index (κ1) is 14.3. The average Bonchev–Trinajstić information content (AvgIpc) is 2.67. The summed E-state index contributed by atoms with van der Waals surface area (Å²) in [5.41, 5.74) is 0. The van der Waals surface area contributed by atoms with E-state index in [1.54, 1.807) is 0 Å². The molecular weight excluding hydrogens is 286 g/mol. The standard InChI is InChI=1S/C8H12ClN3O3S2/c1-3-5(4-2)6(13)10-7-11-12-8(16-7)17(9,14)15/h5H,3-4H2,1-2H3,(H,10,11,13). The molecule has 0 unspecified atom stereocenters. The lowest BCUT2D eigenvalue weighted by Gasteiger charge is -2.09. The van der Waals surface area contributed by atoms with Gasteiger partial charge in [0, 0.05) is 16.6 Å². The van der Waals surface area contributed by atoms with Gasteiger partial charge in [0.05, 0.1) is 0 Å². The summed E-state index contributed by atoms with van der Waals surface area (Å²) in [7, 11) is 1.21. The molecule has 9 heteroatoms. The van der Waals surface area contributed by atoms with E-state index >= 15 is 0 Å². The lowest BCUT2D eigenvalue weighted by atomic mass is 10.0. The van der Waals surface area contributed by atoms with Crippen LogP contribution in [0.4, 0.5) is 5.13 Å². The first-order valence-electron chi connectivity index (χ1n) is 4.97. The third-order valence-corrected chi connectivity index (χ3v) is 4.95. The number of hydrogen-bond donors (Lipinski definition) is 1. The summed E-state index contributed by atoms with van der Waals surface area (Å²) in [4.78, 5) is 11.7. The van der Waals surface area contributed by atoms with Crippen LogP contribution < -0.4 is 5.32 Å². The number of nitrogens with one attached hydrogen (secondary N) is 1. The summed E-state index contributed by atoms with van der Waals surface area (Å²) in [5, 5.41) is 9.59. The van der Waals surface area contributed by atoms with Crippen LogP contribution >= 0.6 is 22.0 Å². The molecule has 1 aromatic heterocycles. The van der Waals surface area contributed by atoms with Crippen molar-refractivity contribution < 1.29 is 13.2 Å². The van der Waals surface area contributed by atoms with E-state index in [4.69, 9.17) is 10.7 Å². The topological polar surface area (TPSA) is 89.0 Å². The van der Waals surface area contributed by atoms with Gasteiger partial charge in [0.25, 0.3) is 9.05 Å². The summed E-state index contributed by atoms with van der Waals surface area (Å²) in [5.74, 6) is -0.306. The number of amides is 1. The molecule has 96 valence electrons. The number of aromatic nitrogens is 2. The van der Waals surface area contributed by atoms with Gasteiger partial charge in [-0.2, -0.15) is 0 Å². The first-order chi connectivity index (χ1) is 7.88. The largest absolute Gasteiger partial charge is 0.300 e. The maximum Gasteiger partial charge on any atom is 0.290 e. The van der Waals surface area contributed by atoms with Gasteiger partial charge in [-0.15, -0.1) is 10.2 Å². The van der Waals surface area contributed by atoms with Gasteiger partial charge < -0.3 is 5.32 Å². The summed E-state index contributed by atoms with van der Waals surface area (Å²) >= 11 is 0.732. The third kappa shape index (κ3) is 3.90. The van der Waals surface area contributed by atoms with Gasteiger partial charge >= 0.3 is 0 Å². The van der Waals surface area contributed by atoms with Crippen molar-refractivity contribution >= 4 is 42.1 Å². The Morgan fingerprint density at radius 1 is 1.41 bits per heavy atom. The van der Waals surface area contributed by atoms with Crippen LogP contribution in [-0.4, -0.2) is 24.5 Å². The molecule has 0 aliphatic carbocycles. The first-order valence-corrected chi connectivity index (χ1v) is 8.10. The molecule has 1 amide bonds. The van der Waals surface area contributed by atoms with E-state index in [2.05, 4.69) is 15.5 Å². The molecule has 0 atom stereocenters. The lowest BCUT2D eigenvalue weighted by molar-refractivity contribution is -0.120. The van der Waals surface area contributed by atoms with Crippen LogP contribution in [0.15, 0.2) is 4.34 Å². The fourth-order valence-corrected chi connectivity index (χ4v) is 2.86. The highest BCUT2D eigenvalue weighted by Crippen LogP contribution is 2.23. The number of carbonyl (C=O) groups excluding carboxylic acids is 1. The van der Waals surface area contributed by atoms with Crippen LogP contribution in [0.25, 0.3) is 0 Å². The van der Waals surface area contributed by atoms with Crippen LogP contribution in [-0.2, 0) is 13.8 Å². The maximum atomic E-state index is 11.7. The van der Waals surface area contributed by atoms with Gasteiger partial charge in [-0.05, 0) is 12.8 Å². The quantitative estimate of drug-likeness (QED) is 0.661. The van der Waals surface area contributed by atoms with Gasteiger partial charge in [0.2, 0.25) is 15.4 Å². The van der Waals surface area contributed by atoms with Gasteiger partial charge in [-0.1, -0.05) is 25.2 Å². The van der Waals surface area contributed by atoms with Crippen molar-refractivity contribution in [3.63, 3.8) is 0 Å². The number of nitrogens with zero attached hydrogens (tertiary/aromatic N) is 2. The van der Waals surface area contributed by atoms with Crippen LogP contribution in [0, 0.1) is 5.92 Å². The number of carbonyl (C=O) groups is 1.